The maximum atomic E-state index is 5.95. The quantitative estimate of drug-likeness (QED) is 0.932. The average Bonchev–Trinajstić information content (AvgIpc) is 2.88. The van der Waals surface area contributed by atoms with Gasteiger partial charge in [0.05, 0.1) is 0 Å². The van der Waals surface area contributed by atoms with Crippen molar-refractivity contribution in [3.05, 3.63) is 52.7 Å². The molecule has 3 heteroatoms. The molecule has 1 heterocycles. The van der Waals surface area contributed by atoms with Crippen LogP contribution in [0.25, 0.3) is 0 Å². The average molecular weight is 282 g/mol. The first-order valence-electron chi connectivity index (χ1n) is 7.62. The van der Waals surface area contributed by atoms with Gasteiger partial charge in [-0.25, -0.2) is 4.98 Å². The Morgan fingerprint density at radius 3 is 2.81 bits per heavy atom. The second kappa shape index (κ2) is 5.86. The Morgan fingerprint density at radius 1 is 1.24 bits per heavy atom. The van der Waals surface area contributed by atoms with Crippen molar-refractivity contribution in [2.75, 3.05) is 0 Å². The fourth-order valence-corrected chi connectivity index (χ4v) is 2.93. The number of nitrogens with two attached hydrogens (primary N) is 1. The number of hydrogen-bond donors (Lipinski definition) is 1. The molecule has 1 aliphatic rings. The van der Waals surface area contributed by atoms with Crippen LogP contribution in [0.15, 0.2) is 30.5 Å². The summed E-state index contributed by atoms with van der Waals surface area (Å²) >= 11 is 0. The molecule has 3 nitrogen and oxygen atoms in total. The van der Waals surface area contributed by atoms with E-state index in [0.717, 1.165) is 29.7 Å². The second-order valence-electron chi connectivity index (χ2n) is 6.03. The summed E-state index contributed by atoms with van der Waals surface area (Å²) in [6.07, 6.45) is 6.30. The monoisotopic (exact) mass is 282 g/mol. The lowest BCUT2D eigenvalue weighted by Gasteiger charge is -2.11. The van der Waals surface area contributed by atoms with Gasteiger partial charge in [0.25, 0.3) is 0 Å². The summed E-state index contributed by atoms with van der Waals surface area (Å²) in [6, 6.07) is 8.63. The number of fused-ring (bicyclic) bond motifs is 1. The predicted octanol–water partition coefficient (Wildman–Crippen LogP) is 3.56. The molecule has 1 aliphatic carbocycles. The number of benzene rings is 1. The molecule has 0 saturated heterocycles. The standard InChI is InChI=1S/C18H22N2O/c1-12-8-14(9-13(2)19)11-20-18(12)21-17-7-6-15-4-3-5-16(15)10-17/h6-8,10-11,13H,3-5,9,19H2,1-2H3. The lowest BCUT2D eigenvalue weighted by Crippen LogP contribution is -2.17. The van der Waals surface area contributed by atoms with Crippen molar-refractivity contribution >= 4 is 0 Å². The maximum absolute atomic E-state index is 5.95. The van der Waals surface area contributed by atoms with Gasteiger partial charge in [0.2, 0.25) is 5.88 Å². The molecule has 1 aromatic carbocycles. The number of rotatable bonds is 4. The molecule has 1 unspecified atom stereocenters. The van der Waals surface area contributed by atoms with Crippen LogP contribution in [-0.4, -0.2) is 11.0 Å². The number of pyridine rings is 1. The highest BCUT2D eigenvalue weighted by molar-refractivity contribution is 5.41. The summed E-state index contributed by atoms with van der Waals surface area (Å²) < 4.78 is 5.95. The summed E-state index contributed by atoms with van der Waals surface area (Å²) in [7, 11) is 0. The van der Waals surface area contributed by atoms with E-state index in [9.17, 15) is 0 Å². The van der Waals surface area contributed by atoms with Crippen LogP contribution >= 0.6 is 0 Å². The highest BCUT2D eigenvalue weighted by Gasteiger charge is 2.12. The van der Waals surface area contributed by atoms with Crippen molar-refractivity contribution in [3.63, 3.8) is 0 Å². The summed E-state index contributed by atoms with van der Waals surface area (Å²) in [5.41, 5.74) is 10.9. The molecule has 1 aromatic heterocycles. The molecule has 2 aromatic rings. The van der Waals surface area contributed by atoms with Gasteiger partial charge < -0.3 is 10.5 Å². The Kier molecular flexibility index (Phi) is 3.93. The van der Waals surface area contributed by atoms with Gasteiger partial charge in [-0.2, -0.15) is 0 Å². The minimum absolute atomic E-state index is 0.148. The van der Waals surface area contributed by atoms with E-state index in [0.29, 0.717) is 5.88 Å². The molecule has 0 radical (unpaired) electrons. The molecule has 0 aliphatic heterocycles. The Labute approximate surface area is 126 Å². The molecule has 0 spiro atoms. The fraction of sp³-hybridized carbons (Fsp3) is 0.389. The smallest absolute Gasteiger partial charge is 0.222 e. The zero-order chi connectivity index (χ0) is 14.8. The van der Waals surface area contributed by atoms with E-state index < -0.39 is 0 Å². The van der Waals surface area contributed by atoms with Gasteiger partial charge in [-0.15, -0.1) is 0 Å². The van der Waals surface area contributed by atoms with Crippen LogP contribution in [0.3, 0.4) is 0 Å². The molecular weight excluding hydrogens is 260 g/mol. The van der Waals surface area contributed by atoms with Crippen LogP contribution in [0.5, 0.6) is 11.6 Å². The topological polar surface area (TPSA) is 48.1 Å². The van der Waals surface area contributed by atoms with Crippen LogP contribution in [0.2, 0.25) is 0 Å². The Bertz CT molecular complexity index is 650. The van der Waals surface area contributed by atoms with Crippen molar-refractivity contribution in [3.8, 4) is 11.6 Å². The SMILES string of the molecule is Cc1cc(CC(C)N)cnc1Oc1ccc2c(c1)CCC2. The van der Waals surface area contributed by atoms with Gasteiger partial charge >= 0.3 is 0 Å². The van der Waals surface area contributed by atoms with Crippen LogP contribution in [0.4, 0.5) is 0 Å². The van der Waals surface area contributed by atoms with Crippen LogP contribution in [0, 0.1) is 6.92 Å². The Hall–Kier alpha value is -1.87. The number of ether oxygens (including phenoxy) is 1. The van der Waals surface area contributed by atoms with Crippen LogP contribution in [-0.2, 0) is 19.3 Å². The first kappa shape index (κ1) is 14.1. The Morgan fingerprint density at radius 2 is 2.05 bits per heavy atom. The molecule has 1 atom stereocenters. The third kappa shape index (κ3) is 3.24. The van der Waals surface area contributed by atoms with Crippen molar-refractivity contribution in [1.82, 2.24) is 4.98 Å². The predicted molar refractivity (Wildman–Crippen MR) is 84.9 cm³/mol. The lowest BCUT2D eigenvalue weighted by molar-refractivity contribution is 0.457. The highest BCUT2D eigenvalue weighted by atomic mass is 16.5. The van der Waals surface area contributed by atoms with Crippen molar-refractivity contribution in [2.24, 2.45) is 5.73 Å². The van der Waals surface area contributed by atoms with Gasteiger partial charge in [-0.05, 0) is 74.4 Å². The lowest BCUT2D eigenvalue weighted by atomic mass is 10.1. The van der Waals surface area contributed by atoms with Crippen LogP contribution in [0.1, 0.15) is 35.6 Å². The Balaban J connectivity index is 1.78. The molecule has 0 fully saturated rings. The molecule has 110 valence electrons. The van der Waals surface area contributed by atoms with E-state index in [2.05, 4.69) is 23.2 Å². The minimum Gasteiger partial charge on any atom is -0.439 e. The second-order valence-corrected chi connectivity index (χ2v) is 6.03. The van der Waals surface area contributed by atoms with E-state index >= 15 is 0 Å². The zero-order valence-corrected chi connectivity index (χ0v) is 12.7. The first-order valence-corrected chi connectivity index (χ1v) is 7.62. The van der Waals surface area contributed by atoms with Gasteiger partial charge in [-0.3, -0.25) is 0 Å². The minimum atomic E-state index is 0.148. The third-order valence-electron chi connectivity index (χ3n) is 3.93. The number of hydrogen-bond acceptors (Lipinski definition) is 3. The fourth-order valence-electron chi connectivity index (χ4n) is 2.93. The molecule has 0 saturated carbocycles. The zero-order valence-electron chi connectivity index (χ0n) is 12.7. The molecule has 2 N–H and O–H groups in total. The number of aryl methyl sites for hydroxylation is 3. The summed E-state index contributed by atoms with van der Waals surface area (Å²) in [5, 5.41) is 0. The molecular formula is C18H22N2O. The number of nitrogens with zero attached hydrogens (tertiary/aromatic N) is 1. The highest BCUT2D eigenvalue weighted by Crippen LogP contribution is 2.29. The molecule has 3 rings (SSSR count). The van der Waals surface area contributed by atoms with Crippen molar-refractivity contribution in [2.45, 2.75) is 45.6 Å². The van der Waals surface area contributed by atoms with Crippen molar-refractivity contribution < 1.29 is 4.74 Å². The number of aromatic nitrogens is 1. The molecule has 0 bridgehead atoms. The largest absolute Gasteiger partial charge is 0.439 e. The van der Waals surface area contributed by atoms with Gasteiger partial charge in [-0.1, -0.05) is 6.07 Å². The summed E-state index contributed by atoms with van der Waals surface area (Å²) in [6.45, 7) is 4.03. The van der Waals surface area contributed by atoms with Crippen molar-refractivity contribution in [1.29, 1.82) is 0 Å². The van der Waals surface area contributed by atoms with E-state index in [4.69, 9.17) is 10.5 Å². The summed E-state index contributed by atoms with van der Waals surface area (Å²) in [5.74, 6) is 1.56. The van der Waals surface area contributed by atoms with Gasteiger partial charge in [0, 0.05) is 17.8 Å². The van der Waals surface area contributed by atoms with Gasteiger partial charge in [0.1, 0.15) is 5.75 Å². The van der Waals surface area contributed by atoms with E-state index in [1.165, 1.54) is 24.0 Å². The third-order valence-corrected chi connectivity index (χ3v) is 3.93. The van der Waals surface area contributed by atoms with E-state index in [-0.39, 0.29) is 6.04 Å². The van der Waals surface area contributed by atoms with E-state index in [1.807, 2.05) is 26.1 Å². The molecule has 0 amide bonds. The van der Waals surface area contributed by atoms with Gasteiger partial charge in [0.15, 0.2) is 0 Å². The van der Waals surface area contributed by atoms with E-state index in [1.54, 1.807) is 0 Å². The maximum Gasteiger partial charge on any atom is 0.222 e. The first-order chi connectivity index (χ1) is 10.1. The molecule has 21 heavy (non-hydrogen) atoms. The van der Waals surface area contributed by atoms with Crippen LogP contribution < -0.4 is 10.5 Å². The normalized spacial score (nSPS) is 14.8. The summed E-state index contributed by atoms with van der Waals surface area (Å²) in [4.78, 5) is 4.44.